The van der Waals surface area contributed by atoms with Crippen molar-refractivity contribution in [3.8, 4) is 0 Å². The fourth-order valence-corrected chi connectivity index (χ4v) is 1.68. The van der Waals surface area contributed by atoms with Crippen LogP contribution in [0.4, 0.5) is 4.39 Å². The molecule has 15 heavy (non-hydrogen) atoms. The molecule has 1 N–H and O–H groups in total. The van der Waals surface area contributed by atoms with Crippen molar-refractivity contribution in [2.75, 3.05) is 6.61 Å². The molecule has 0 aliphatic heterocycles. The van der Waals surface area contributed by atoms with Crippen LogP contribution in [0.1, 0.15) is 5.56 Å². The molecule has 0 aliphatic rings. The van der Waals surface area contributed by atoms with Crippen molar-refractivity contribution in [1.29, 1.82) is 0 Å². The number of hydrogen-bond acceptors (Lipinski definition) is 1. The predicted molar refractivity (Wildman–Crippen MR) is 60.1 cm³/mol. The zero-order valence-corrected chi connectivity index (χ0v) is 8.15. The van der Waals surface area contributed by atoms with E-state index in [2.05, 4.69) is 0 Å². The average molecular weight is 202 g/mol. The van der Waals surface area contributed by atoms with Gasteiger partial charge in [-0.2, -0.15) is 0 Å². The fraction of sp³-hybridized carbons (Fsp3) is 0.0769. The first-order valence-corrected chi connectivity index (χ1v) is 4.75. The van der Waals surface area contributed by atoms with Crippen molar-refractivity contribution in [3.05, 3.63) is 54.4 Å². The third-order valence-electron chi connectivity index (χ3n) is 2.44. The summed E-state index contributed by atoms with van der Waals surface area (Å²) in [5.74, 6) is 0. The van der Waals surface area contributed by atoms with E-state index >= 15 is 0 Å². The zero-order valence-electron chi connectivity index (χ0n) is 8.15. The first kappa shape index (κ1) is 9.87. The largest absolute Gasteiger partial charge is 0.392 e. The molecule has 2 aromatic carbocycles. The van der Waals surface area contributed by atoms with Gasteiger partial charge in [0, 0.05) is 5.57 Å². The van der Waals surface area contributed by atoms with Gasteiger partial charge in [-0.3, -0.25) is 0 Å². The van der Waals surface area contributed by atoms with Crippen LogP contribution in [0.25, 0.3) is 16.3 Å². The van der Waals surface area contributed by atoms with E-state index in [0.717, 1.165) is 16.3 Å². The Kier molecular flexibility index (Phi) is 2.79. The molecule has 0 radical (unpaired) electrons. The van der Waals surface area contributed by atoms with Gasteiger partial charge < -0.3 is 5.11 Å². The highest BCUT2D eigenvalue weighted by Crippen LogP contribution is 2.24. The summed E-state index contributed by atoms with van der Waals surface area (Å²) >= 11 is 0. The normalized spacial score (nSPS) is 12.0. The Morgan fingerprint density at radius 2 is 1.87 bits per heavy atom. The van der Waals surface area contributed by atoms with Crippen molar-refractivity contribution in [3.63, 3.8) is 0 Å². The number of rotatable bonds is 2. The standard InChI is InChI=1S/C13H11FO/c14-8-11(9-15)13-7-3-5-10-4-1-2-6-12(10)13/h1-8,15H,9H2/b11-8-. The molecule has 0 bridgehead atoms. The van der Waals surface area contributed by atoms with Gasteiger partial charge in [0.05, 0.1) is 12.9 Å². The lowest BCUT2D eigenvalue weighted by atomic mass is 10.00. The molecule has 0 saturated heterocycles. The van der Waals surface area contributed by atoms with Crippen molar-refractivity contribution < 1.29 is 9.50 Å². The molecular weight excluding hydrogens is 191 g/mol. The van der Waals surface area contributed by atoms with Gasteiger partial charge in [0.25, 0.3) is 0 Å². The van der Waals surface area contributed by atoms with E-state index in [1.54, 1.807) is 0 Å². The quantitative estimate of drug-likeness (QED) is 0.793. The third-order valence-corrected chi connectivity index (χ3v) is 2.44. The van der Waals surface area contributed by atoms with Gasteiger partial charge in [0.1, 0.15) is 0 Å². The summed E-state index contributed by atoms with van der Waals surface area (Å²) < 4.78 is 12.5. The predicted octanol–water partition coefficient (Wildman–Crippen LogP) is 3.14. The van der Waals surface area contributed by atoms with Crippen LogP contribution in [0, 0.1) is 0 Å². The molecule has 2 aromatic rings. The van der Waals surface area contributed by atoms with E-state index in [0.29, 0.717) is 11.9 Å². The highest BCUT2D eigenvalue weighted by Gasteiger charge is 2.04. The summed E-state index contributed by atoms with van der Waals surface area (Å²) in [4.78, 5) is 0. The Morgan fingerprint density at radius 1 is 1.13 bits per heavy atom. The molecule has 1 nitrogen and oxygen atoms in total. The Hall–Kier alpha value is -1.67. The highest BCUT2D eigenvalue weighted by molar-refractivity contribution is 5.93. The van der Waals surface area contributed by atoms with E-state index in [9.17, 15) is 4.39 Å². The van der Waals surface area contributed by atoms with Gasteiger partial charge in [-0.05, 0) is 16.3 Å². The number of halogens is 1. The van der Waals surface area contributed by atoms with E-state index in [1.165, 1.54) is 0 Å². The second-order valence-corrected chi connectivity index (χ2v) is 3.32. The Balaban J connectivity index is 2.71. The monoisotopic (exact) mass is 202 g/mol. The first-order valence-electron chi connectivity index (χ1n) is 4.75. The lowest BCUT2D eigenvalue weighted by molar-refractivity contribution is 0.349. The van der Waals surface area contributed by atoms with Crippen LogP contribution in [-0.2, 0) is 0 Å². The van der Waals surface area contributed by atoms with Gasteiger partial charge in [0.2, 0.25) is 0 Å². The minimum atomic E-state index is -0.287. The van der Waals surface area contributed by atoms with E-state index < -0.39 is 0 Å². The molecule has 0 saturated carbocycles. The molecule has 76 valence electrons. The molecule has 0 atom stereocenters. The minimum Gasteiger partial charge on any atom is -0.392 e. The summed E-state index contributed by atoms with van der Waals surface area (Å²) in [7, 11) is 0. The molecule has 0 spiro atoms. The molecule has 0 aromatic heterocycles. The maximum absolute atomic E-state index is 12.5. The van der Waals surface area contributed by atoms with Crippen LogP contribution in [0.5, 0.6) is 0 Å². The lowest BCUT2D eigenvalue weighted by Gasteiger charge is -2.06. The minimum absolute atomic E-state index is 0.287. The molecule has 0 amide bonds. The first-order chi connectivity index (χ1) is 7.36. The van der Waals surface area contributed by atoms with Crippen molar-refractivity contribution >= 4 is 16.3 Å². The fourth-order valence-electron chi connectivity index (χ4n) is 1.68. The topological polar surface area (TPSA) is 20.2 Å². The number of benzene rings is 2. The zero-order chi connectivity index (χ0) is 10.7. The van der Waals surface area contributed by atoms with Crippen LogP contribution in [0.2, 0.25) is 0 Å². The van der Waals surface area contributed by atoms with Crippen LogP contribution >= 0.6 is 0 Å². The second kappa shape index (κ2) is 4.24. The molecule has 2 rings (SSSR count). The maximum atomic E-state index is 12.5. The Bertz CT molecular complexity index is 497. The smallest absolute Gasteiger partial charge is 0.0928 e. The van der Waals surface area contributed by atoms with Gasteiger partial charge in [-0.25, -0.2) is 4.39 Å². The summed E-state index contributed by atoms with van der Waals surface area (Å²) in [6.45, 7) is -0.287. The molecule has 0 heterocycles. The van der Waals surface area contributed by atoms with Crippen LogP contribution in [0.3, 0.4) is 0 Å². The molecule has 0 fully saturated rings. The van der Waals surface area contributed by atoms with Gasteiger partial charge in [-0.1, -0.05) is 42.5 Å². The van der Waals surface area contributed by atoms with Gasteiger partial charge in [-0.15, -0.1) is 0 Å². The van der Waals surface area contributed by atoms with Crippen molar-refractivity contribution in [2.24, 2.45) is 0 Å². The highest BCUT2D eigenvalue weighted by atomic mass is 19.1. The van der Waals surface area contributed by atoms with Crippen molar-refractivity contribution in [1.82, 2.24) is 0 Å². The summed E-state index contributed by atoms with van der Waals surface area (Å²) in [6.07, 6.45) is 0.460. The molecule has 2 heteroatoms. The summed E-state index contributed by atoms with van der Waals surface area (Å²) in [5, 5.41) is 11.0. The maximum Gasteiger partial charge on any atom is 0.0928 e. The molecular formula is C13H11FO. The second-order valence-electron chi connectivity index (χ2n) is 3.32. The van der Waals surface area contributed by atoms with Crippen LogP contribution < -0.4 is 0 Å². The van der Waals surface area contributed by atoms with Crippen LogP contribution in [0.15, 0.2) is 48.8 Å². The summed E-state index contributed by atoms with van der Waals surface area (Å²) in [6, 6.07) is 13.4. The molecule has 0 aliphatic carbocycles. The Morgan fingerprint density at radius 3 is 2.60 bits per heavy atom. The van der Waals surface area contributed by atoms with E-state index in [-0.39, 0.29) is 6.61 Å². The number of hydrogen-bond donors (Lipinski definition) is 1. The summed E-state index contributed by atoms with van der Waals surface area (Å²) in [5.41, 5.74) is 1.06. The number of aliphatic hydroxyl groups is 1. The third kappa shape index (κ3) is 1.76. The Labute approximate surface area is 87.5 Å². The van der Waals surface area contributed by atoms with Gasteiger partial charge >= 0.3 is 0 Å². The van der Waals surface area contributed by atoms with Crippen LogP contribution in [-0.4, -0.2) is 11.7 Å². The van der Waals surface area contributed by atoms with E-state index in [4.69, 9.17) is 5.11 Å². The molecule has 0 unspecified atom stereocenters. The average Bonchev–Trinajstić information content (AvgIpc) is 2.31. The number of fused-ring (bicyclic) bond motifs is 1. The SMILES string of the molecule is OC/C(=C/F)c1cccc2ccccc12. The number of aliphatic hydroxyl groups excluding tert-OH is 1. The van der Waals surface area contributed by atoms with E-state index in [1.807, 2.05) is 42.5 Å². The lowest BCUT2D eigenvalue weighted by Crippen LogP contribution is -1.90. The van der Waals surface area contributed by atoms with Gasteiger partial charge in [0.15, 0.2) is 0 Å². The van der Waals surface area contributed by atoms with Crippen molar-refractivity contribution in [2.45, 2.75) is 0 Å².